The molecule has 4 aromatic heterocycles. The molecule has 1 fully saturated rings. The maximum Gasteiger partial charge on any atom is 0.326 e. The summed E-state index contributed by atoms with van der Waals surface area (Å²) in [5.41, 5.74) is 4.38. The Morgan fingerprint density at radius 3 is 2.80 bits per heavy atom. The number of anilines is 1. The van der Waals surface area contributed by atoms with E-state index < -0.39 is 0 Å². The van der Waals surface area contributed by atoms with E-state index in [2.05, 4.69) is 26.1 Å². The zero-order valence-electron chi connectivity index (χ0n) is 18.7. The summed E-state index contributed by atoms with van der Waals surface area (Å²) >= 11 is 1.64. The Morgan fingerprint density at radius 1 is 1.03 bits per heavy atom. The third kappa shape index (κ3) is 3.41. The molecule has 0 unspecified atom stereocenters. The SMILES string of the molecule is O=c1[nH]c2ccccc2n1Cc1cc2nc(-c3cccc4[nH]ncc34)nc(N3CCOCC3)c2s1. The highest BCUT2D eigenvalue weighted by Crippen LogP contribution is 2.36. The molecule has 5 heterocycles. The first-order valence-corrected chi connectivity index (χ1v) is 12.3. The van der Waals surface area contributed by atoms with Crippen molar-refractivity contribution in [1.82, 2.24) is 29.7 Å². The Kier molecular flexibility index (Phi) is 4.67. The van der Waals surface area contributed by atoms with Crippen molar-refractivity contribution in [2.45, 2.75) is 6.54 Å². The standard InChI is InChI=1S/C25H21N7O2S/c33-25-28-19-5-1-2-7-21(19)32(25)14-15-12-20-22(35-15)24(31-8-10-34-11-9-31)29-23(27-20)16-4-3-6-18-17(16)13-26-30-18/h1-7,12-13H,8-11,14H2,(H,26,30)(H,28,33). The summed E-state index contributed by atoms with van der Waals surface area (Å²) in [5.74, 6) is 1.58. The van der Waals surface area contributed by atoms with E-state index in [1.54, 1.807) is 15.9 Å². The Bertz CT molecular complexity index is 1760. The average Bonchev–Trinajstić information content (AvgIpc) is 3.61. The lowest BCUT2D eigenvalue weighted by Crippen LogP contribution is -2.36. The van der Waals surface area contributed by atoms with Gasteiger partial charge in [0.15, 0.2) is 11.6 Å². The first-order valence-electron chi connectivity index (χ1n) is 11.5. The summed E-state index contributed by atoms with van der Waals surface area (Å²) in [6.45, 7) is 3.36. The number of para-hydroxylation sites is 2. The molecule has 9 nitrogen and oxygen atoms in total. The van der Waals surface area contributed by atoms with E-state index in [0.29, 0.717) is 25.6 Å². The summed E-state index contributed by atoms with van der Waals surface area (Å²) in [7, 11) is 0. The second kappa shape index (κ2) is 8.03. The van der Waals surface area contributed by atoms with Crippen LogP contribution in [0.3, 0.4) is 0 Å². The molecule has 1 aliphatic heterocycles. The number of rotatable bonds is 4. The average molecular weight is 484 g/mol. The highest BCUT2D eigenvalue weighted by molar-refractivity contribution is 7.19. The fourth-order valence-corrected chi connectivity index (χ4v) is 5.84. The molecule has 6 aromatic rings. The summed E-state index contributed by atoms with van der Waals surface area (Å²) in [4.78, 5) is 29.0. The smallest absolute Gasteiger partial charge is 0.326 e. The minimum Gasteiger partial charge on any atom is -0.378 e. The van der Waals surface area contributed by atoms with E-state index in [9.17, 15) is 4.79 Å². The number of benzene rings is 2. The summed E-state index contributed by atoms with van der Waals surface area (Å²) in [5, 5.41) is 8.21. The number of ether oxygens (including phenoxy) is 1. The van der Waals surface area contributed by atoms with Crippen LogP contribution in [0, 0.1) is 0 Å². The van der Waals surface area contributed by atoms with Gasteiger partial charge in [0.2, 0.25) is 0 Å². The highest BCUT2D eigenvalue weighted by Gasteiger charge is 2.21. The second-order valence-corrected chi connectivity index (χ2v) is 9.70. The lowest BCUT2D eigenvalue weighted by Gasteiger charge is -2.28. The molecule has 0 amide bonds. The van der Waals surface area contributed by atoms with E-state index >= 15 is 0 Å². The van der Waals surface area contributed by atoms with Crippen LogP contribution in [0.1, 0.15) is 4.88 Å². The number of aromatic amines is 2. The minimum atomic E-state index is -0.115. The third-order valence-corrected chi connectivity index (χ3v) is 7.54. The van der Waals surface area contributed by atoms with Crippen LogP contribution in [0.25, 0.3) is 43.5 Å². The molecular weight excluding hydrogens is 462 g/mol. The van der Waals surface area contributed by atoms with Crippen molar-refractivity contribution < 1.29 is 4.74 Å². The molecular formula is C25H21N7O2S. The lowest BCUT2D eigenvalue weighted by atomic mass is 10.1. The molecule has 0 bridgehead atoms. The van der Waals surface area contributed by atoms with Crippen molar-refractivity contribution in [2.24, 2.45) is 0 Å². The molecule has 1 aliphatic rings. The summed E-state index contributed by atoms with van der Waals surface area (Å²) < 4.78 is 8.39. The molecule has 174 valence electrons. The van der Waals surface area contributed by atoms with Crippen LogP contribution in [0.2, 0.25) is 0 Å². The van der Waals surface area contributed by atoms with Gasteiger partial charge in [-0.25, -0.2) is 14.8 Å². The van der Waals surface area contributed by atoms with Crippen LogP contribution >= 0.6 is 11.3 Å². The normalized spacial score (nSPS) is 14.5. The maximum absolute atomic E-state index is 12.7. The van der Waals surface area contributed by atoms with Gasteiger partial charge in [-0.1, -0.05) is 24.3 Å². The zero-order chi connectivity index (χ0) is 23.4. The van der Waals surface area contributed by atoms with Gasteiger partial charge in [0, 0.05) is 28.9 Å². The zero-order valence-corrected chi connectivity index (χ0v) is 19.5. The largest absolute Gasteiger partial charge is 0.378 e. The number of H-pyrrole nitrogens is 2. The van der Waals surface area contributed by atoms with Gasteiger partial charge in [-0.3, -0.25) is 9.67 Å². The van der Waals surface area contributed by atoms with Crippen LogP contribution in [-0.2, 0) is 11.3 Å². The van der Waals surface area contributed by atoms with Gasteiger partial charge in [-0.15, -0.1) is 11.3 Å². The molecule has 0 spiro atoms. The molecule has 0 radical (unpaired) electrons. The van der Waals surface area contributed by atoms with Gasteiger partial charge in [0.05, 0.1) is 52.7 Å². The first-order chi connectivity index (χ1) is 17.2. The summed E-state index contributed by atoms with van der Waals surface area (Å²) in [6.07, 6.45) is 1.81. The number of nitrogens with zero attached hydrogens (tertiary/aromatic N) is 5. The quantitative estimate of drug-likeness (QED) is 0.396. The van der Waals surface area contributed by atoms with E-state index in [-0.39, 0.29) is 5.69 Å². The topological polar surface area (TPSA) is 105 Å². The molecule has 35 heavy (non-hydrogen) atoms. The van der Waals surface area contributed by atoms with Crippen LogP contribution in [-0.4, -0.2) is 56.0 Å². The predicted octanol–water partition coefficient (Wildman–Crippen LogP) is 3.76. The van der Waals surface area contributed by atoms with Crippen molar-refractivity contribution in [3.8, 4) is 11.4 Å². The third-order valence-electron chi connectivity index (χ3n) is 6.44. The molecule has 0 saturated carbocycles. The molecule has 7 rings (SSSR count). The lowest BCUT2D eigenvalue weighted by molar-refractivity contribution is 0.122. The molecule has 10 heteroatoms. The van der Waals surface area contributed by atoms with Crippen LogP contribution in [0.4, 0.5) is 5.82 Å². The summed E-state index contributed by atoms with van der Waals surface area (Å²) in [6, 6.07) is 15.8. The highest BCUT2D eigenvalue weighted by atomic mass is 32.1. The second-order valence-electron chi connectivity index (χ2n) is 8.57. The molecule has 0 aliphatic carbocycles. The van der Waals surface area contributed by atoms with E-state index in [4.69, 9.17) is 14.7 Å². The van der Waals surface area contributed by atoms with Gasteiger partial charge in [0.1, 0.15) is 0 Å². The number of morpholine rings is 1. The van der Waals surface area contributed by atoms with Crippen molar-refractivity contribution in [1.29, 1.82) is 0 Å². The monoisotopic (exact) mass is 483 g/mol. The van der Waals surface area contributed by atoms with Crippen molar-refractivity contribution >= 4 is 49.3 Å². The van der Waals surface area contributed by atoms with E-state index in [0.717, 1.165) is 61.5 Å². The van der Waals surface area contributed by atoms with Gasteiger partial charge >= 0.3 is 5.69 Å². The number of hydrogen-bond donors (Lipinski definition) is 2. The van der Waals surface area contributed by atoms with Gasteiger partial charge < -0.3 is 14.6 Å². The van der Waals surface area contributed by atoms with Crippen LogP contribution in [0.5, 0.6) is 0 Å². The fraction of sp³-hybridized carbons (Fsp3) is 0.200. The van der Waals surface area contributed by atoms with Crippen LogP contribution < -0.4 is 10.6 Å². The Morgan fingerprint density at radius 2 is 1.89 bits per heavy atom. The molecule has 2 N–H and O–H groups in total. The fourth-order valence-electron chi connectivity index (χ4n) is 4.73. The Labute approximate surface area is 203 Å². The molecule has 2 aromatic carbocycles. The van der Waals surface area contributed by atoms with Gasteiger partial charge in [-0.05, 0) is 24.3 Å². The number of aromatic nitrogens is 6. The van der Waals surface area contributed by atoms with E-state index in [1.807, 2.05) is 48.7 Å². The van der Waals surface area contributed by atoms with Gasteiger partial charge in [-0.2, -0.15) is 5.10 Å². The van der Waals surface area contributed by atoms with Crippen LogP contribution in [0.15, 0.2) is 59.5 Å². The van der Waals surface area contributed by atoms with E-state index in [1.165, 1.54) is 0 Å². The predicted molar refractivity (Wildman–Crippen MR) is 137 cm³/mol. The number of imidazole rings is 1. The Hall–Kier alpha value is -4.02. The van der Waals surface area contributed by atoms with Crippen molar-refractivity contribution in [3.63, 3.8) is 0 Å². The number of nitrogens with one attached hydrogen (secondary N) is 2. The minimum absolute atomic E-state index is 0.115. The van der Waals surface area contributed by atoms with Crippen molar-refractivity contribution in [3.05, 3.63) is 70.1 Å². The Balaban J connectivity index is 1.39. The van der Waals surface area contributed by atoms with Crippen molar-refractivity contribution in [2.75, 3.05) is 31.2 Å². The first kappa shape index (κ1) is 20.4. The maximum atomic E-state index is 12.7. The number of fused-ring (bicyclic) bond motifs is 3. The molecule has 0 atom stereocenters. The van der Waals surface area contributed by atoms with Gasteiger partial charge in [0.25, 0.3) is 0 Å². The number of hydrogen-bond acceptors (Lipinski definition) is 7. The molecule has 1 saturated heterocycles. The number of thiophene rings is 1.